The highest BCUT2D eigenvalue weighted by molar-refractivity contribution is 6.33. The number of halogens is 1. The van der Waals surface area contributed by atoms with Crippen LogP contribution >= 0.6 is 11.6 Å². The summed E-state index contributed by atoms with van der Waals surface area (Å²) >= 11 is 6.38. The predicted molar refractivity (Wildman–Crippen MR) is 81.8 cm³/mol. The number of nitrogens with zero attached hydrogens (tertiary/aromatic N) is 2. The van der Waals surface area contributed by atoms with Gasteiger partial charge in [-0.25, -0.2) is 4.98 Å². The third-order valence-electron chi connectivity index (χ3n) is 4.05. The van der Waals surface area contributed by atoms with Gasteiger partial charge in [-0.15, -0.1) is 0 Å². The third kappa shape index (κ3) is 3.61. The zero-order valence-electron chi connectivity index (χ0n) is 12.1. The minimum Gasteiger partial charge on any atom is -0.355 e. The Morgan fingerprint density at radius 1 is 1.47 bits per heavy atom. The lowest BCUT2D eigenvalue weighted by molar-refractivity contribution is 0.335. The Labute approximate surface area is 121 Å². The number of pyridine rings is 1. The van der Waals surface area contributed by atoms with Gasteiger partial charge in [0.05, 0.1) is 5.02 Å². The van der Waals surface area contributed by atoms with E-state index >= 15 is 0 Å². The van der Waals surface area contributed by atoms with Crippen molar-refractivity contribution in [2.45, 2.75) is 45.2 Å². The maximum Gasteiger partial charge on any atom is 0.147 e. The maximum absolute atomic E-state index is 6.38. The first-order valence-corrected chi connectivity index (χ1v) is 7.51. The second-order valence-corrected chi connectivity index (χ2v) is 6.12. The average Bonchev–Trinajstić information content (AvgIpc) is 2.38. The molecule has 0 aromatic carbocycles. The molecule has 2 atom stereocenters. The molecular formula is C15H24ClN3. The quantitative estimate of drug-likeness (QED) is 0.916. The fraction of sp³-hybridized carbons (Fsp3) is 0.667. The number of hydrogen-bond donors (Lipinski definition) is 1. The van der Waals surface area contributed by atoms with Gasteiger partial charge in [0, 0.05) is 25.8 Å². The zero-order chi connectivity index (χ0) is 13.8. The molecule has 0 spiro atoms. The van der Waals surface area contributed by atoms with Gasteiger partial charge in [0.1, 0.15) is 5.82 Å². The lowest BCUT2D eigenvalue weighted by Gasteiger charge is -2.35. The van der Waals surface area contributed by atoms with Gasteiger partial charge < -0.3 is 10.2 Å². The van der Waals surface area contributed by atoms with Crippen LogP contribution in [0.4, 0.5) is 5.82 Å². The first kappa shape index (κ1) is 14.6. The van der Waals surface area contributed by atoms with E-state index in [0.717, 1.165) is 28.9 Å². The highest BCUT2D eigenvalue weighted by atomic mass is 35.5. The number of rotatable bonds is 4. The fourth-order valence-corrected chi connectivity index (χ4v) is 3.28. The summed E-state index contributed by atoms with van der Waals surface area (Å²) in [5.41, 5.74) is 1.13. The molecule has 4 heteroatoms. The van der Waals surface area contributed by atoms with E-state index in [1.165, 1.54) is 25.7 Å². The highest BCUT2D eigenvalue weighted by Crippen LogP contribution is 2.32. The van der Waals surface area contributed by atoms with Crippen LogP contribution in [-0.2, 0) is 6.54 Å². The van der Waals surface area contributed by atoms with E-state index in [-0.39, 0.29) is 0 Å². The average molecular weight is 282 g/mol. The second-order valence-electron chi connectivity index (χ2n) is 5.72. The molecule has 0 saturated heterocycles. The Bertz CT molecular complexity index is 422. The summed E-state index contributed by atoms with van der Waals surface area (Å²) in [7, 11) is 4.05. The summed E-state index contributed by atoms with van der Waals surface area (Å²) in [6.07, 6.45) is 7.07. The van der Waals surface area contributed by atoms with Crippen molar-refractivity contribution in [1.29, 1.82) is 0 Å². The van der Waals surface area contributed by atoms with Gasteiger partial charge in [0.2, 0.25) is 0 Å². The second kappa shape index (κ2) is 6.58. The number of aromatic nitrogens is 1. The van der Waals surface area contributed by atoms with Gasteiger partial charge in [-0.05, 0) is 37.4 Å². The molecule has 1 heterocycles. The lowest BCUT2D eigenvalue weighted by Crippen LogP contribution is -2.36. The molecule has 1 N–H and O–H groups in total. The smallest absolute Gasteiger partial charge is 0.147 e. The van der Waals surface area contributed by atoms with Crippen molar-refractivity contribution in [2.75, 3.05) is 19.0 Å². The topological polar surface area (TPSA) is 28.2 Å². The van der Waals surface area contributed by atoms with Crippen LogP contribution in [0.15, 0.2) is 12.3 Å². The van der Waals surface area contributed by atoms with Crippen molar-refractivity contribution in [2.24, 2.45) is 5.92 Å². The third-order valence-corrected chi connectivity index (χ3v) is 4.33. The van der Waals surface area contributed by atoms with Crippen LogP contribution in [0.1, 0.15) is 38.2 Å². The summed E-state index contributed by atoms with van der Waals surface area (Å²) in [5.74, 6) is 1.73. The molecule has 0 bridgehead atoms. The van der Waals surface area contributed by atoms with Crippen LogP contribution < -0.4 is 10.2 Å². The Morgan fingerprint density at radius 2 is 2.26 bits per heavy atom. The molecule has 1 aromatic rings. The van der Waals surface area contributed by atoms with Gasteiger partial charge >= 0.3 is 0 Å². The standard InChI is InChI=1S/C15H24ClN3/c1-11-5-4-6-13(7-11)19(3)15-14(16)8-12(9-17-2)10-18-15/h8,10-11,13,17H,4-7,9H2,1-3H3. The van der Waals surface area contributed by atoms with Gasteiger partial charge in [0.15, 0.2) is 0 Å². The normalized spacial score (nSPS) is 23.4. The van der Waals surface area contributed by atoms with Crippen molar-refractivity contribution in [1.82, 2.24) is 10.3 Å². The minimum absolute atomic E-state index is 0.573. The Balaban J connectivity index is 2.12. The van der Waals surface area contributed by atoms with E-state index in [9.17, 15) is 0 Å². The number of anilines is 1. The molecule has 1 fully saturated rings. The highest BCUT2D eigenvalue weighted by Gasteiger charge is 2.24. The van der Waals surface area contributed by atoms with Crippen LogP contribution in [0.3, 0.4) is 0 Å². The van der Waals surface area contributed by atoms with E-state index in [1.54, 1.807) is 0 Å². The van der Waals surface area contributed by atoms with Crippen LogP contribution in [0.5, 0.6) is 0 Å². The van der Waals surface area contributed by atoms with Crippen LogP contribution in [0.25, 0.3) is 0 Å². The first-order chi connectivity index (χ1) is 9.11. The van der Waals surface area contributed by atoms with Crippen LogP contribution in [0.2, 0.25) is 5.02 Å². The summed E-state index contributed by atoms with van der Waals surface area (Å²) in [6, 6.07) is 2.59. The molecule has 1 aromatic heterocycles. The minimum atomic E-state index is 0.573. The molecule has 0 amide bonds. The van der Waals surface area contributed by atoms with E-state index in [2.05, 4.69) is 29.2 Å². The number of nitrogens with one attached hydrogen (secondary N) is 1. The molecule has 2 unspecified atom stereocenters. The van der Waals surface area contributed by atoms with E-state index < -0.39 is 0 Å². The summed E-state index contributed by atoms with van der Waals surface area (Å²) in [5, 5.41) is 3.87. The zero-order valence-corrected chi connectivity index (χ0v) is 12.9. The molecule has 0 aliphatic heterocycles. The predicted octanol–water partition coefficient (Wildman–Crippen LogP) is 3.47. The van der Waals surface area contributed by atoms with Crippen molar-refractivity contribution >= 4 is 17.4 Å². The van der Waals surface area contributed by atoms with Gasteiger partial charge in [-0.1, -0.05) is 31.4 Å². The van der Waals surface area contributed by atoms with Crippen LogP contribution in [-0.4, -0.2) is 25.1 Å². The summed E-state index contributed by atoms with van der Waals surface area (Å²) in [4.78, 5) is 6.82. The molecule has 19 heavy (non-hydrogen) atoms. The molecule has 1 aliphatic carbocycles. The van der Waals surface area contributed by atoms with Gasteiger partial charge in [0.25, 0.3) is 0 Å². The van der Waals surface area contributed by atoms with Crippen molar-refractivity contribution < 1.29 is 0 Å². The molecular weight excluding hydrogens is 258 g/mol. The molecule has 2 rings (SSSR count). The lowest BCUT2D eigenvalue weighted by atomic mass is 9.86. The van der Waals surface area contributed by atoms with E-state index in [0.29, 0.717) is 6.04 Å². The van der Waals surface area contributed by atoms with E-state index in [4.69, 9.17) is 11.6 Å². The molecule has 3 nitrogen and oxygen atoms in total. The largest absolute Gasteiger partial charge is 0.355 e. The summed E-state index contributed by atoms with van der Waals surface area (Å²) in [6.45, 7) is 3.14. The Hall–Kier alpha value is -0.800. The number of hydrogen-bond acceptors (Lipinski definition) is 3. The molecule has 1 saturated carbocycles. The van der Waals surface area contributed by atoms with Crippen LogP contribution in [0, 0.1) is 5.92 Å². The van der Waals surface area contributed by atoms with Crippen molar-refractivity contribution in [3.05, 3.63) is 22.8 Å². The van der Waals surface area contributed by atoms with Gasteiger partial charge in [-0.3, -0.25) is 0 Å². The first-order valence-electron chi connectivity index (χ1n) is 7.13. The maximum atomic E-state index is 6.38. The monoisotopic (exact) mass is 281 g/mol. The summed E-state index contributed by atoms with van der Waals surface area (Å²) < 4.78 is 0. The Morgan fingerprint density at radius 3 is 2.89 bits per heavy atom. The SMILES string of the molecule is CNCc1cnc(N(C)C2CCCC(C)C2)c(Cl)c1. The molecule has 106 valence electrons. The van der Waals surface area contributed by atoms with Crippen molar-refractivity contribution in [3.8, 4) is 0 Å². The molecule has 0 radical (unpaired) electrons. The van der Waals surface area contributed by atoms with Crippen molar-refractivity contribution in [3.63, 3.8) is 0 Å². The Kier molecular flexibility index (Phi) is 5.06. The molecule has 1 aliphatic rings. The fourth-order valence-electron chi connectivity index (χ4n) is 2.96. The van der Waals surface area contributed by atoms with E-state index in [1.807, 2.05) is 19.3 Å². The van der Waals surface area contributed by atoms with Gasteiger partial charge in [-0.2, -0.15) is 0 Å².